The molecule has 0 saturated carbocycles. The van der Waals surface area contributed by atoms with Gasteiger partial charge in [-0.05, 0) is 44.3 Å². The van der Waals surface area contributed by atoms with Gasteiger partial charge in [-0.25, -0.2) is 0 Å². The van der Waals surface area contributed by atoms with Crippen LogP contribution in [0.4, 0.5) is 0 Å². The van der Waals surface area contributed by atoms with E-state index in [1.54, 1.807) is 0 Å². The van der Waals surface area contributed by atoms with Crippen LogP contribution in [0.1, 0.15) is 32.6 Å². The number of rotatable bonds is 6. The van der Waals surface area contributed by atoms with Crippen LogP contribution < -0.4 is 5.32 Å². The van der Waals surface area contributed by atoms with E-state index in [2.05, 4.69) is 33.2 Å². The minimum atomic E-state index is -0.437. The Bertz CT molecular complexity index is 330. The molecule has 1 heterocycles. The van der Waals surface area contributed by atoms with Gasteiger partial charge in [0, 0.05) is 24.5 Å². The Morgan fingerprint density at radius 1 is 1.50 bits per heavy atom. The highest BCUT2D eigenvalue weighted by Crippen LogP contribution is 2.21. The SMILES string of the molecule is CCCN1CCCC(C#N)(NCCN=[N+]=[N-])CC1. The summed E-state index contributed by atoms with van der Waals surface area (Å²) in [5.41, 5.74) is 7.79. The number of azide groups is 1. The highest BCUT2D eigenvalue weighted by molar-refractivity contribution is 5.08. The number of nitriles is 1. The van der Waals surface area contributed by atoms with Gasteiger partial charge in [-0.3, -0.25) is 5.32 Å². The fourth-order valence-corrected chi connectivity index (χ4v) is 2.45. The molecule has 100 valence electrons. The molecule has 0 radical (unpaired) electrons. The molecule has 0 bridgehead atoms. The van der Waals surface area contributed by atoms with Crippen molar-refractivity contribution in [1.29, 1.82) is 5.26 Å². The summed E-state index contributed by atoms with van der Waals surface area (Å²) in [5, 5.41) is 16.2. The van der Waals surface area contributed by atoms with Crippen molar-refractivity contribution >= 4 is 0 Å². The van der Waals surface area contributed by atoms with Crippen molar-refractivity contribution in [2.45, 2.75) is 38.1 Å². The van der Waals surface area contributed by atoms with Crippen LogP contribution in [-0.4, -0.2) is 43.2 Å². The summed E-state index contributed by atoms with van der Waals surface area (Å²) >= 11 is 0. The third-order valence-corrected chi connectivity index (χ3v) is 3.42. The highest BCUT2D eigenvalue weighted by atomic mass is 15.2. The van der Waals surface area contributed by atoms with Crippen LogP contribution in [0.15, 0.2) is 5.11 Å². The molecule has 0 amide bonds. The monoisotopic (exact) mass is 250 g/mol. The van der Waals surface area contributed by atoms with Crippen molar-refractivity contribution in [3.05, 3.63) is 10.4 Å². The number of nitrogens with zero attached hydrogens (tertiary/aromatic N) is 5. The van der Waals surface area contributed by atoms with Crippen LogP contribution in [0.25, 0.3) is 10.4 Å². The molecule has 1 saturated heterocycles. The second-order valence-electron chi connectivity index (χ2n) is 4.77. The zero-order valence-corrected chi connectivity index (χ0v) is 11.1. The molecule has 1 unspecified atom stereocenters. The highest BCUT2D eigenvalue weighted by Gasteiger charge is 2.31. The largest absolute Gasteiger partial charge is 0.303 e. The van der Waals surface area contributed by atoms with Gasteiger partial charge < -0.3 is 4.90 Å². The first-order chi connectivity index (χ1) is 8.76. The Morgan fingerprint density at radius 2 is 2.33 bits per heavy atom. The maximum absolute atomic E-state index is 9.40. The first-order valence-corrected chi connectivity index (χ1v) is 6.66. The third-order valence-electron chi connectivity index (χ3n) is 3.42. The van der Waals surface area contributed by atoms with E-state index in [0.29, 0.717) is 13.1 Å². The standard InChI is InChI=1S/C12H22N6/c1-2-8-18-9-3-4-12(11-13,5-10-18)15-6-7-16-17-14/h15H,2-10H2,1H3. The van der Waals surface area contributed by atoms with Crippen LogP contribution >= 0.6 is 0 Å². The first kappa shape index (κ1) is 14.8. The number of likely N-dealkylation sites (tertiary alicyclic amines) is 1. The van der Waals surface area contributed by atoms with Gasteiger partial charge in [-0.15, -0.1) is 0 Å². The van der Waals surface area contributed by atoms with E-state index >= 15 is 0 Å². The molecule has 0 aromatic heterocycles. The number of nitrogens with one attached hydrogen (secondary N) is 1. The summed E-state index contributed by atoms with van der Waals surface area (Å²) in [4.78, 5) is 5.14. The lowest BCUT2D eigenvalue weighted by atomic mass is 9.92. The van der Waals surface area contributed by atoms with E-state index < -0.39 is 5.54 Å². The fourth-order valence-electron chi connectivity index (χ4n) is 2.45. The van der Waals surface area contributed by atoms with E-state index in [-0.39, 0.29) is 0 Å². The Labute approximate surface area is 109 Å². The van der Waals surface area contributed by atoms with Crippen molar-refractivity contribution in [1.82, 2.24) is 10.2 Å². The zero-order chi connectivity index (χ0) is 13.3. The Morgan fingerprint density at radius 3 is 3.00 bits per heavy atom. The van der Waals surface area contributed by atoms with Gasteiger partial charge in [0.1, 0.15) is 5.54 Å². The van der Waals surface area contributed by atoms with Gasteiger partial charge in [0.15, 0.2) is 0 Å². The van der Waals surface area contributed by atoms with Crippen molar-refractivity contribution < 1.29 is 0 Å². The lowest BCUT2D eigenvalue weighted by Crippen LogP contribution is -2.45. The quantitative estimate of drug-likeness (QED) is 0.338. The second kappa shape index (κ2) is 7.93. The van der Waals surface area contributed by atoms with E-state index in [1.807, 2.05) is 0 Å². The van der Waals surface area contributed by atoms with Crippen LogP contribution in [0, 0.1) is 11.3 Å². The topological polar surface area (TPSA) is 87.8 Å². The van der Waals surface area contributed by atoms with Gasteiger partial charge in [0.25, 0.3) is 0 Å². The van der Waals surface area contributed by atoms with Crippen molar-refractivity contribution in [3.63, 3.8) is 0 Å². The molecule has 1 aliphatic rings. The molecule has 6 nitrogen and oxygen atoms in total. The molecule has 1 atom stereocenters. The molecule has 6 heteroatoms. The molecule has 0 aromatic carbocycles. The van der Waals surface area contributed by atoms with Crippen molar-refractivity contribution in [2.75, 3.05) is 32.7 Å². The van der Waals surface area contributed by atoms with Crippen molar-refractivity contribution in [3.8, 4) is 6.07 Å². The van der Waals surface area contributed by atoms with E-state index in [4.69, 9.17) is 5.53 Å². The molecule has 1 rings (SSSR count). The number of hydrogen-bond donors (Lipinski definition) is 1. The normalized spacial score (nSPS) is 24.9. The van der Waals surface area contributed by atoms with Crippen LogP contribution in [0.2, 0.25) is 0 Å². The van der Waals surface area contributed by atoms with Crippen LogP contribution in [0.5, 0.6) is 0 Å². The van der Waals surface area contributed by atoms with E-state index in [9.17, 15) is 5.26 Å². The Kier molecular flexibility index (Phi) is 6.51. The third kappa shape index (κ3) is 4.53. The number of hydrogen-bond acceptors (Lipinski definition) is 4. The van der Waals surface area contributed by atoms with Crippen molar-refractivity contribution in [2.24, 2.45) is 5.11 Å². The van der Waals surface area contributed by atoms with Gasteiger partial charge in [0.05, 0.1) is 6.07 Å². The van der Waals surface area contributed by atoms with E-state index in [1.165, 1.54) is 0 Å². The predicted molar refractivity (Wildman–Crippen MR) is 70.9 cm³/mol. The summed E-state index contributed by atoms with van der Waals surface area (Å²) in [7, 11) is 0. The molecular formula is C12H22N6. The lowest BCUT2D eigenvalue weighted by Gasteiger charge is -2.26. The average molecular weight is 250 g/mol. The fraction of sp³-hybridized carbons (Fsp3) is 0.917. The summed E-state index contributed by atoms with van der Waals surface area (Å²) < 4.78 is 0. The summed E-state index contributed by atoms with van der Waals surface area (Å²) in [5.74, 6) is 0. The van der Waals surface area contributed by atoms with Crippen LogP contribution in [-0.2, 0) is 0 Å². The molecule has 0 spiro atoms. The Hall–Kier alpha value is -1.28. The molecule has 1 N–H and O–H groups in total. The first-order valence-electron chi connectivity index (χ1n) is 6.66. The molecule has 1 fully saturated rings. The zero-order valence-electron chi connectivity index (χ0n) is 11.1. The molecular weight excluding hydrogens is 228 g/mol. The lowest BCUT2D eigenvalue weighted by molar-refractivity contribution is 0.276. The van der Waals surface area contributed by atoms with Gasteiger partial charge >= 0.3 is 0 Å². The average Bonchev–Trinajstić information content (AvgIpc) is 2.59. The summed E-state index contributed by atoms with van der Waals surface area (Å²) in [6, 6.07) is 2.42. The smallest absolute Gasteiger partial charge is 0.108 e. The van der Waals surface area contributed by atoms with Gasteiger partial charge in [-0.1, -0.05) is 12.0 Å². The van der Waals surface area contributed by atoms with Gasteiger partial charge in [-0.2, -0.15) is 5.26 Å². The Balaban J connectivity index is 2.48. The van der Waals surface area contributed by atoms with E-state index in [0.717, 1.165) is 45.3 Å². The maximum atomic E-state index is 9.40. The molecule has 0 aliphatic carbocycles. The second-order valence-corrected chi connectivity index (χ2v) is 4.77. The predicted octanol–water partition coefficient (Wildman–Crippen LogP) is 2.04. The molecule has 18 heavy (non-hydrogen) atoms. The summed E-state index contributed by atoms with van der Waals surface area (Å²) in [6.45, 7) is 6.32. The summed E-state index contributed by atoms with van der Waals surface area (Å²) in [6.07, 6.45) is 3.92. The molecule has 1 aliphatic heterocycles. The maximum Gasteiger partial charge on any atom is 0.108 e. The minimum absolute atomic E-state index is 0.401. The van der Waals surface area contributed by atoms with Crippen LogP contribution in [0.3, 0.4) is 0 Å². The van der Waals surface area contributed by atoms with Gasteiger partial charge in [0.2, 0.25) is 0 Å². The minimum Gasteiger partial charge on any atom is -0.303 e. The molecule has 0 aromatic rings.